The SMILES string of the molecule is COCCNCCNC(=O)CSc1ncnc2sc(C)c(C)c12.Cl. The molecule has 0 aromatic carbocycles. The second-order valence-electron chi connectivity index (χ2n) is 5.02. The number of hydrogen-bond donors (Lipinski definition) is 2. The zero-order valence-electron chi connectivity index (χ0n) is 14.0. The standard InChI is InChI=1S/C15H22N4O2S2.ClH/c1-10-11(2)23-15-13(10)14(18-9-19-15)22-8-12(20)17-5-4-16-6-7-21-3;/h9,16H,4-8H2,1-3H3,(H,17,20);1H. The molecule has 0 spiro atoms. The Bertz CT molecular complexity index is 666. The number of halogens is 1. The van der Waals surface area contributed by atoms with Gasteiger partial charge in [0.1, 0.15) is 16.2 Å². The molecule has 0 fully saturated rings. The van der Waals surface area contributed by atoms with Gasteiger partial charge in [0.25, 0.3) is 0 Å². The summed E-state index contributed by atoms with van der Waals surface area (Å²) in [6.45, 7) is 6.97. The van der Waals surface area contributed by atoms with Crippen molar-refractivity contribution >= 4 is 51.6 Å². The summed E-state index contributed by atoms with van der Waals surface area (Å²) < 4.78 is 4.94. The topological polar surface area (TPSA) is 76.1 Å². The van der Waals surface area contributed by atoms with E-state index < -0.39 is 0 Å². The van der Waals surface area contributed by atoms with Gasteiger partial charge in [0.15, 0.2) is 0 Å². The Morgan fingerprint density at radius 3 is 2.83 bits per heavy atom. The van der Waals surface area contributed by atoms with Gasteiger partial charge in [0.2, 0.25) is 5.91 Å². The summed E-state index contributed by atoms with van der Waals surface area (Å²) in [5.41, 5.74) is 1.20. The van der Waals surface area contributed by atoms with Crippen LogP contribution in [0.5, 0.6) is 0 Å². The van der Waals surface area contributed by atoms with Gasteiger partial charge in [-0.1, -0.05) is 11.8 Å². The Morgan fingerprint density at radius 2 is 2.08 bits per heavy atom. The summed E-state index contributed by atoms with van der Waals surface area (Å²) in [7, 11) is 1.67. The fourth-order valence-corrected chi connectivity index (χ4v) is 3.98. The highest BCUT2D eigenvalue weighted by molar-refractivity contribution is 8.00. The van der Waals surface area contributed by atoms with E-state index in [0.717, 1.165) is 28.3 Å². The molecule has 9 heteroatoms. The number of carbonyl (C=O) groups excluding carboxylic acids is 1. The minimum Gasteiger partial charge on any atom is -0.383 e. The Labute approximate surface area is 156 Å². The Kier molecular flexibility index (Phi) is 9.53. The van der Waals surface area contributed by atoms with E-state index in [9.17, 15) is 4.79 Å². The molecule has 6 nitrogen and oxygen atoms in total. The van der Waals surface area contributed by atoms with Gasteiger partial charge in [-0.15, -0.1) is 23.7 Å². The maximum atomic E-state index is 11.9. The van der Waals surface area contributed by atoms with Crippen LogP contribution in [0, 0.1) is 13.8 Å². The van der Waals surface area contributed by atoms with E-state index in [1.807, 2.05) is 0 Å². The highest BCUT2D eigenvalue weighted by Crippen LogP contribution is 2.34. The predicted octanol–water partition coefficient (Wildman–Crippen LogP) is 2.17. The van der Waals surface area contributed by atoms with Crippen LogP contribution in [0.25, 0.3) is 10.2 Å². The van der Waals surface area contributed by atoms with E-state index in [4.69, 9.17) is 4.74 Å². The second-order valence-corrected chi connectivity index (χ2v) is 7.19. The molecule has 134 valence electrons. The monoisotopic (exact) mass is 390 g/mol. The number of ether oxygens (including phenoxy) is 1. The molecule has 2 rings (SSSR count). The van der Waals surface area contributed by atoms with Crippen molar-refractivity contribution in [2.75, 3.05) is 39.1 Å². The van der Waals surface area contributed by atoms with Crippen molar-refractivity contribution in [3.8, 4) is 0 Å². The number of fused-ring (bicyclic) bond motifs is 1. The molecule has 0 unspecified atom stereocenters. The second kappa shape index (κ2) is 10.8. The van der Waals surface area contributed by atoms with E-state index in [2.05, 4.69) is 34.4 Å². The maximum Gasteiger partial charge on any atom is 0.230 e. The van der Waals surface area contributed by atoms with E-state index >= 15 is 0 Å². The molecule has 2 aromatic rings. The predicted molar refractivity (Wildman–Crippen MR) is 103 cm³/mol. The first-order valence-corrected chi connectivity index (χ1v) is 9.23. The molecule has 2 N–H and O–H groups in total. The van der Waals surface area contributed by atoms with Gasteiger partial charge >= 0.3 is 0 Å². The highest BCUT2D eigenvalue weighted by atomic mass is 35.5. The van der Waals surface area contributed by atoms with Gasteiger partial charge in [0.05, 0.1) is 12.4 Å². The minimum atomic E-state index is 0. The first kappa shape index (κ1) is 21.1. The minimum absolute atomic E-state index is 0. The van der Waals surface area contributed by atoms with Gasteiger partial charge in [-0.25, -0.2) is 9.97 Å². The number of nitrogens with zero attached hydrogens (tertiary/aromatic N) is 2. The molecule has 2 heterocycles. The maximum absolute atomic E-state index is 11.9. The number of aryl methyl sites for hydroxylation is 2. The zero-order chi connectivity index (χ0) is 16.7. The fourth-order valence-electron chi connectivity index (χ4n) is 2.03. The molecule has 0 saturated heterocycles. The number of thiophene rings is 1. The van der Waals surface area contributed by atoms with Crippen LogP contribution < -0.4 is 10.6 Å². The van der Waals surface area contributed by atoms with E-state index in [0.29, 0.717) is 18.9 Å². The Hall–Kier alpha value is -0.930. The first-order chi connectivity index (χ1) is 11.1. The molecule has 0 bridgehead atoms. The fraction of sp³-hybridized carbons (Fsp3) is 0.533. The molecular formula is C15H23ClN4O2S2. The van der Waals surface area contributed by atoms with E-state index in [1.54, 1.807) is 24.8 Å². The average molecular weight is 391 g/mol. The normalized spacial score (nSPS) is 10.6. The van der Waals surface area contributed by atoms with Gasteiger partial charge in [-0.2, -0.15) is 0 Å². The number of carbonyl (C=O) groups is 1. The zero-order valence-corrected chi connectivity index (χ0v) is 16.5. The van der Waals surface area contributed by atoms with Crippen LogP contribution in [0.1, 0.15) is 10.4 Å². The third-order valence-corrected chi connectivity index (χ3v) is 5.48. The number of amides is 1. The van der Waals surface area contributed by atoms with Crippen LogP contribution in [0.3, 0.4) is 0 Å². The van der Waals surface area contributed by atoms with Crippen molar-refractivity contribution in [3.63, 3.8) is 0 Å². The molecule has 0 atom stereocenters. The number of aromatic nitrogens is 2. The van der Waals surface area contributed by atoms with E-state index in [-0.39, 0.29) is 18.3 Å². The third-order valence-electron chi connectivity index (χ3n) is 3.38. The summed E-state index contributed by atoms with van der Waals surface area (Å²) in [6, 6.07) is 0. The molecule has 0 aliphatic heterocycles. The Morgan fingerprint density at radius 1 is 1.29 bits per heavy atom. The summed E-state index contributed by atoms with van der Waals surface area (Å²) in [5.74, 6) is 0.373. The molecular weight excluding hydrogens is 368 g/mol. The van der Waals surface area contributed by atoms with Crippen molar-refractivity contribution in [1.82, 2.24) is 20.6 Å². The van der Waals surface area contributed by atoms with Crippen LogP contribution in [0.4, 0.5) is 0 Å². The quantitative estimate of drug-likeness (QED) is 0.388. The molecule has 1 amide bonds. The summed E-state index contributed by atoms with van der Waals surface area (Å²) in [5, 5.41) is 8.04. The number of rotatable bonds is 9. The number of thioether (sulfide) groups is 1. The lowest BCUT2D eigenvalue weighted by Crippen LogP contribution is -2.33. The van der Waals surface area contributed by atoms with Gasteiger partial charge in [0, 0.05) is 37.0 Å². The van der Waals surface area contributed by atoms with Crippen molar-refractivity contribution in [3.05, 3.63) is 16.8 Å². The van der Waals surface area contributed by atoms with Crippen LogP contribution >= 0.6 is 35.5 Å². The van der Waals surface area contributed by atoms with Crippen LogP contribution in [-0.2, 0) is 9.53 Å². The smallest absolute Gasteiger partial charge is 0.230 e. The average Bonchev–Trinajstić information content (AvgIpc) is 2.84. The van der Waals surface area contributed by atoms with Crippen molar-refractivity contribution in [1.29, 1.82) is 0 Å². The summed E-state index contributed by atoms with van der Waals surface area (Å²) in [4.78, 5) is 22.8. The van der Waals surface area contributed by atoms with Crippen molar-refractivity contribution in [2.45, 2.75) is 18.9 Å². The molecule has 0 aliphatic carbocycles. The summed E-state index contributed by atoms with van der Waals surface area (Å²) in [6.07, 6.45) is 1.57. The number of nitrogens with one attached hydrogen (secondary N) is 2. The van der Waals surface area contributed by atoms with Crippen LogP contribution in [0.2, 0.25) is 0 Å². The summed E-state index contributed by atoms with van der Waals surface area (Å²) >= 11 is 3.13. The van der Waals surface area contributed by atoms with E-state index in [1.165, 1.54) is 22.2 Å². The van der Waals surface area contributed by atoms with Gasteiger partial charge in [-0.3, -0.25) is 4.79 Å². The number of hydrogen-bond acceptors (Lipinski definition) is 7. The van der Waals surface area contributed by atoms with Gasteiger partial charge in [-0.05, 0) is 19.4 Å². The first-order valence-electron chi connectivity index (χ1n) is 7.43. The number of methoxy groups -OCH3 is 1. The third kappa shape index (κ3) is 5.86. The van der Waals surface area contributed by atoms with Crippen molar-refractivity contribution in [2.24, 2.45) is 0 Å². The molecule has 2 aromatic heterocycles. The molecule has 24 heavy (non-hydrogen) atoms. The molecule has 0 saturated carbocycles. The molecule has 0 radical (unpaired) electrons. The van der Waals surface area contributed by atoms with Crippen LogP contribution in [-0.4, -0.2) is 55.0 Å². The highest BCUT2D eigenvalue weighted by Gasteiger charge is 2.13. The lowest BCUT2D eigenvalue weighted by molar-refractivity contribution is -0.118. The Balaban J connectivity index is 0.00000288. The van der Waals surface area contributed by atoms with Gasteiger partial charge < -0.3 is 15.4 Å². The molecule has 0 aliphatic rings. The van der Waals surface area contributed by atoms with Crippen molar-refractivity contribution < 1.29 is 9.53 Å². The lowest BCUT2D eigenvalue weighted by Gasteiger charge is -2.07. The van der Waals surface area contributed by atoms with Crippen LogP contribution in [0.15, 0.2) is 11.4 Å². The largest absolute Gasteiger partial charge is 0.383 e. The lowest BCUT2D eigenvalue weighted by atomic mass is 10.2.